The molecule has 21 heavy (non-hydrogen) atoms. The smallest absolute Gasteiger partial charge is 0.274 e. The number of para-hydroxylation sites is 1. The lowest BCUT2D eigenvalue weighted by molar-refractivity contribution is -0.385. The summed E-state index contributed by atoms with van der Waals surface area (Å²) in [5.74, 6) is 0. The highest BCUT2D eigenvalue weighted by Crippen LogP contribution is 2.29. The van der Waals surface area contributed by atoms with Crippen LogP contribution in [0.1, 0.15) is 18.5 Å². The fourth-order valence-corrected chi connectivity index (χ4v) is 3.18. The molecular formula is C16H14N2O2S. The molecule has 2 aromatic carbocycles. The van der Waals surface area contributed by atoms with Gasteiger partial charge in [0, 0.05) is 16.5 Å². The zero-order valence-corrected chi connectivity index (χ0v) is 12.3. The van der Waals surface area contributed by atoms with Crippen molar-refractivity contribution in [1.29, 1.82) is 0 Å². The second kappa shape index (κ2) is 5.54. The van der Waals surface area contributed by atoms with Gasteiger partial charge in [-0.2, -0.15) is 0 Å². The Labute approximate surface area is 126 Å². The van der Waals surface area contributed by atoms with Gasteiger partial charge in [0.1, 0.15) is 0 Å². The summed E-state index contributed by atoms with van der Waals surface area (Å²) in [7, 11) is 0. The highest BCUT2D eigenvalue weighted by molar-refractivity contribution is 7.17. The van der Waals surface area contributed by atoms with Crippen LogP contribution in [-0.2, 0) is 0 Å². The van der Waals surface area contributed by atoms with Crippen LogP contribution in [0.4, 0.5) is 11.4 Å². The molecule has 1 aromatic heterocycles. The number of hydrogen-bond donors (Lipinski definition) is 1. The van der Waals surface area contributed by atoms with Gasteiger partial charge in [-0.15, -0.1) is 11.3 Å². The average Bonchev–Trinajstić information content (AvgIpc) is 2.94. The molecule has 0 spiro atoms. The number of thiophene rings is 1. The number of fused-ring (bicyclic) bond motifs is 1. The Morgan fingerprint density at radius 1 is 1.19 bits per heavy atom. The van der Waals surface area contributed by atoms with E-state index in [1.165, 1.54) is 16.2 Å². The van der Waals surface area contributed by atoms with Crippen LogP contribution < -0.4 is 5.32 Å². The molecule has 0 amide bonds. The van der Waals surface area contributed by atoms with Gasteiger partial charge in [-0.3, -0.25) is 10.1 Å². The molecule has 3 rings (SSSR count). The van der Waals surface area contributed by atoms with Crippen LogP contribution in [0.15, 0.2) is 53.9 Å². The molecule has 4 nitrogen and oxygen atoms in total. The molecule has 3 aromatic rings. The minimum absolute atomic E-state index is 0.136. The fraction of sp³-hybridized carbons (Fsp3) is 0.125. The standard InChI is InChI=1S/C16H14N2O2S/c1-11(14-4-2-3-5-15(14)18(19)20)17-13-6-7-16-12(10-13)8-9-21-16/h2-11,17H,1H3. The molecule has 106 valence electrons. The highest BCUT2D eigenvalue weighted by atomic mass is 32.1. The number of nitro groups is 1. The Balaban J connectivity index is 1.89. The van der Waals surface area contributed by atoms with Gasteiger partial charge in [-0.25, -0.2) is 0 Å². The third-order valence-corrected chi connectivity index (χ3v) is 4.33. The van der Waals surface area contributed by atoms with Crippen molar-refractivity contribution in [1.82, 2.24) is 0 Å². The lowest BCUT2D eigenvalue weighted by Crippen LogP contribution is -2.08. The first-order valence-electron chi connectivity index (χ1n) is 6.62. The molecule has 0 radical (unpaired) electrons. The lowest BCUT2D eigenvalue weighted by atomic mass is 10.1. The molecular weight excluding hydrogens is 284 g/mol. The quantitative estimate of drug-likeness (QED) is 0.545. The SMILES string of the molecule is CC(Nc1ccc2sccc2c1)c1ccccc1[N+](=O)[O-]. The summed E-state index contributed by atoms with van der Waals surface area (Å²) in [6.45, 7) is 1.93. The molecule has 0 bridgehead atoms. The van der Waals surface area contributed by atoms with E-state index in [0.29, 0.717) is 5.56 Å². The highest BCUT2D eigenvalue weighted by Gasteiger charge is 2.17. The maximum absolute atomic E-state index is 11.1. The predicted octanol–water partition coefficient (Wildman–Crippen LogP) is 4.98. The van der Waals surface area contributed by atoms with E-state index in [-0.39, 0.29) is 16.7 Å². The van der Waals surface area contributed by atoms with Gasteiger partial charge in [0.2, 0.25) is 0 Å². The Hall–Kier alpha value is -2.40. The molecule has 0 saturated carbocycles. The van der Waals surface area contributed by atoms with Crippen molar-refractivity contribution in [3.05, 3.63) is 69.6 Å². The van der Waals surface area contributed by atoms with Crippen LogP contribution in [0, 0.1) is 10.1 Å². The van der Waals surface area contributed by atoms with E-state index in [1.54, 1.807) is 23.5 Å². The number of benzene rings is 2. The molecule has 5 heteroatoms. The maximum atomic E-state index is 11.1. The largest absolute Gasteiger partial charge is 0.378 e. The third kappa shape index (κ3) is 2.73. The summed E-state index contributed by atoms with van der Waals surface area (Å²) in [6, 6.07) is 14.9. The monoisotopic (exact) mass is 298 g/mol. The van der Waals surface area contributed by atoms with Gasteiger partial charge in [-0.05, 0) is 42.0 Å². The average molecular weight is 298 g/mol. The topological polar surface area (TPSA) is 55.2 Å². The van der Waals surface area contributed by atoms with E-state index in [1.807, 2.05) is 19.1 Å². The Morgan fingerprint density at radius 3 is 2.81 bits per heavy atom. The number of hydrogen-bond acceptors (Lipinski definition) is 4. The Bertz CT molecular complexity index is 798. The second-order valence-corrected chi connectivity index (χ2v) is 5.80. The van der Waals surface area contributed by atoms with Gasteiger partial charge >= 0.3 is 0 Å². The van der Waals surface area contributed by atoms with E-state index in [2.05, 4.69) is 28.9 Å². The second-order valence-electron chi connectivity index (χ2n) is 4.86. The van der Waals surface area contributed by atoms with Crippen molar-refractivity contribution in [2.75, 3.05) is 5.32 Å². The van der Waals surface area contributed by atoms with Crippen LogP contribution in [0.2, 0.25) is 0 Å². The van der Waals surface area contributed by atoms with Crippen LogP contribution in [0.25, 0.3) is 10.1 Å². The van der Waals surface area contributed by atoms with Gasteiger partial charge in [0.25, 0.3) is 5.69 Å². The Kier molecular flexibility index (Phi) is 3.58. The summed E-state index contributed by atoms with van der Waals surface area (Å²) in [4.78, 5) is 10.8. The summed E-state index contributed by atoms with van der Waals surface area (Å²) in [5.41, 5.74) is 1.80. The van der Waals surface area contributed by atoms with Crippen LogP contribution >= 0.6 is 11.3 Å². The summed E-state index contributed by atoms with van der Waals surface area (Å²) in [6.07, 6.45) is 0. The zero-order chi connectivity index (χ0) is 14.8. The van der Waals surface area contributed by atoms with E-state index >= 15 is 0 Å². The normalized spacial score (nSPS) is 12.2. The first kappa shape index (κ1) is 13.6. The van der Waals surface area contributed by atoms with Crippen molar-refractivity contribution >= 4 is 32.8 Å². The molecule has 0 aliphatic heterocycles. The van der Waals surface area contributed by atoms with Crippen molar-refractivity contribution in [2.45, 2.75) is 13.0 Å². The van der Waals surface area contributed by atoms with E-state index in [4.69, 9.17) is 0 Å². The number of rotatable bonds is 4. The molecule has 0 aliphatic rings. The molecule has 0 fully saturated rings. The lowest BCUT2D eigenvalue weighted by Gasteiger charge is -2.15. The molecule has 0 saturated heterocycles. The third-order valence-electron chi connectivity index (χ3n) is 3.44. The maximum Gasteiger partial charge on any atom is 0.274 e. The molecule has 1 unspecified atom stereocenters. The van der Waals surface area contributed by atoms with Gasteiger partial charge in [0.05, 0.1) is 16.5 Å². The molecule has 1 heterocycles. The van der Waals surface area contributed by atoms with Gasteiger partial charge in [0.15, 0.2) is 0 Å². The van der Waals surface area contributed by atoms with Crippen LogP contribution in [-0.4, -0.2) is 4.92 Å². The number of nitrogens with zero attached hydrogens (tertiary/aromatic N) is 1. The molecule has 0 aliphatic carbocycles. The number of nitrogens with one attached hydrogen (secondary N) is 1. The van der Waals surface area contributed by atoms with Crippen molar-refractivity contribution < 1.29 is 4.92 Å². The first-order valence-corrected chi connectivity index (χ1v) is 7.50. The zero-order valence-electron chi connectivity index (χ0n) is 11.4. The van der Waals surface area contributed by atoms with Crippen LogP contribution in [0.3, 0.4) is 0 Å². The van der Waals surface area contributed by atoms with Crippen molar-refractivity contribution in [3.63, 3.8) is 0 Å². The summed E-state index contributed by atoms with van der Waals surface area (Å²) >= 11 is 1.70. The van der Waals surface area contributed by atoms with Crippen molar-refractivity contribution in [3.8, 4) is 0 Å². The van der Waals surface area contributed by atoms with Gasteiger partial charge in [-0.1, -0.05) is 18.2 Å². The van der Waals surface area contributed by atoms with Crippen LogP contribution in [0.5, 0.6) is 0 Å². The fourth-order valence-electron chi connectivity index (χ4n) is 2.40. The minimum Gasteiger partial charge on any atom is -0.378 e. The minimum atomic E-state index is -0.338. The summed E-state index contributed by atoms with van der Waals surface area (Å²) < 4.78 is 1.24. The van der Waals surface area contributed by atoms with E-state index in [0.717, 1.165) is 5.69 Å². The summed E-state index contributed by atoms with van der Waals surface area (Å²) in [5, 5.41) is 17.7. The molecule has 1 atom stereocenters. The van der Waals surface area contributed by atoms with Crippen molar-refractivity contribution in [2.24, 2.45) is 0 Å². The van der Waals surface area contributed by atoms with E-state index in [9.17, 15) is 10.1 Å². The molecule has 1 N–H and O–H groups in total. The van der Waals surface area contributed by atoms with Gasteiger partial charge < -0.3 is 5.32 Å². The van der Waals surface area contributed by atoms with E-state index < -0.39 is 0 Å². The number of nitro benzene ring substituents is 1. The first-order chi connectivity index (χ1) is 10.1. The Morgan fingerprint density at radius 2 is 2.00 bits per heavy atom. The number of anilines is 1. The predicted molar refractivity (Wildman–Crippen MR) is 87.0 cm³/mol.